The first-order valence-electron chi connectivity index (χ1n) is 11.1. The van der Waals surface area contributed by atoms with E-state index in [1.807, 2.05) is 59.6 Å². The van der Waals surface area contributed by atoms with Gasteiger partial charge in [0.2, 0.25) is 0 Å². The predicted molar refractivity (Wildman–Crippen MR) is 139 cm³/mol. The molecule has 4 heterocycles. The van der Waals surface area contributed by atoms with Gasteiger partial charge in [-0.2, -0.15) is 0 Å². The van der Waals surface area contributed by atoms with E-state index in [1.54, 1.807) is 6.20 Å². The van der Waals surface area contributed by atoms with E-state index < -0.39 is 0 Å². The zero-order chi connectivity index (χ0) is 22.4. The van der Waals surface area contributed by atoms with Gasteiger partial charge in [0.25, 0.3) is 5.56 Å². The number of benzene rings is 2. The number of imidazole rings is 1. The first-order valence-corrected chi connectivity index (χ1v) is 11.5. The minimum absolute atomic E-state index is 0. The molecule has 3 aromatic heterocycles. The number of nitrogens with one attached hydrogen (secondary N) is 1. The van der Waals surface area contributed by atoms with Crippen molar-refractivity contribution in [1.82, 2.24) is 24.4 Å². The summed E-state index contributed by atoms with van der Waals surface area (Å²) in [6.07, 6.45) is 6.59. The Labute approximate surface area is 207 Å². The highest BCUT2D eigenvalue weighted by Gasteiger charge is 2.27. The van der Waals surface area contributed by atoms with Gasteiger partial charge in [-0.1, -0.05) is 35.9 Å². The fraction of sp³-hybridized carbons (Fsp3) is 0.192. The highest BCUT2D eigenvalue weighted by atomic mass is 35.5. The third-order valence-electron chi connectivity index (χ3n) is 6.38. The molecule has 2 aromatic carbocycles. The standard InChI is InChI=1S/C26H22ClN5O.ClH/c27-21-7-3-8-22-24(21)19(14-28-9-4-11-31-12-10-29-16-31)20-15-32-23(25(20)30-22)13-17-5-1-2-6-18(17)26(32)33;/h1-3,5-8,10,12-13,16,28H,4,9,11,14-15H2;1H. The molecule has 34 heavy (non-hydrogen) atoms. The summed E-state index contributed by atoms with van der Waals surface area (Å²) in [6.45, 7) is 2.94. The number of hydrogen-bond acceptors (Lipinski definition) is 4. The average molecular weight is 492 g/mol. The lowest BCUT2D eigenvalue weighted by molar-refractivity contribution is 0.580. The van der Waals surface area contributed by atoms with Crippen molar-refractivity contribution < 1.29 is 0 Å². The number of hydrogen-bond donors (Lipinski definition) is 1. The number of aromatic nitrogens is 4. The topological polar surface area (TPSA) is 64.7 Å². The van der Waals surface area contributed by atoms with Gasteiger partial charge in [0, 0.05) is 41.8 Å². The summed E-state index contributed by atoms with van der Waals surface area (Å²) in [5, 5.41) is 6.90. The molecule has 0 atom stereocenters. The van der Waals surface area contributed by atoms with Crippen molar-refractivity contribution >= 4 is 45.7 Å². The Morgan fingerprint density at radius 1 is 1.12 bits per heavy atom. The molecule has 0 unspecified atom stereocenters. The smallest absolute Gasteiger partial charge is 0.259 e. The van der Waals surface area contributed by atoms with Crippen molar-refractivity contribution in [3.05, 3.63) is 93.8 Å². The van der Waals surface area contributed by atoms with E-state index in [4.69, 9.17) is 16.6 Å². The molecular weight excluding hydrogens is 469 g/mol. The molecular formula is C26H23Cl2N5O. The van der Waals surface area contributed by atoms with Crippen LogP contribution in [0.5, 0.6) is 0 Å². The molecule has 1 aliphatic heterocycles. The molecule has 0 spiro atoms. The summed E-state index contributed by atoms with van der Waals surface area (Å²) in [7, 11) is 0. The molecule has 6 nitrogen and oxygen atoms in total. The van der Waals surface area contributed by atoms with Crippen LogP contribution in [0.15, 0.2) is 72.0 Å². The predicted octanol–water partition coefficient (Wildman–Crippen LogP) is 5.03. The van der Waals surface area contributed by atoms with Crippen LogP contribution in [0, 0.1) is 0 Å². The maximum absolute atomic E-state index is 13.3. The quantitative estimate of drug-likeness (QED) is 0.332. The van der Waals surface area contributed by atoms with Crippen molar-refractivity contribution in [3.63, 3.8) is 0 Å². The molecule has 0 fully saturated rings. The van der Waals surface area contributed by atoms with E-state index in [-0.39, 0.29) is 18.0 Å². The molecule has 0 radical (unpaired) electrons. The minimum Gasteiger partial charge on any atom is -0.337 e. The Morgan fingerprint density at radius 2 is 2.00 bits per heavy atom. The van der Waals surface area contributed by atoms with Crippen LogP contribution in [0.25, 0.3) is 33.1 Å². The van der Waals surface area contributed by atoms with Gasteiger partial charge in [0.05, 0.1) is 34.8 Å². The molecule has 0 bridgehead atoms. The van der Waals surface area contributed by atoms with Gasteiger partial charge >= 0.3 is 0 Å². The summed E-state index contributed by atoms with van der Waals surface area (Å²) in [5.74, 6) is 0. The van der Waals surface area contributed by atoms with Crippen molar-refractivity contribution in [2.24, 2.45) is 0 Å². The summed E-state index contributed by atoms with van der Waals surface area (Å²) < 4.78 is 3.92. The highest BCUT2D eigenvalue weighted by Crippen LogP contribution is 2.38. The van der Waals surface area contributed by atoms with Crippen LogP contribution in [-0.2, 0) is 19.6 Å². The molecule has 172 valence electrons. The summed E-state index contributed by atoms with van der Waals surface area (Å²) in [4.78, 5) is 22.3. The molecule has 1 N–H and O–H groups in total. The maximum atomic E-state index is 13.3. The number of aryl methyl sites for hydroxylation is 1. The molecule has 5 aromatic rings. The van der Waals surface area contributed by atoms with E-state index in [9.17, 15) is 4.79 Å². The van der Waals surface area contributed by atoms with Crippen molar-refractivity contribution in [2.45, 2.75) is 26.1 Å². The van der Waals surface area contributed by atoms with Gasteiger partial charge in [0.15, 0.2) is 0 Å². The maximum Gasteiger partial charge on any atom is 0.259 e. The first-order chi connectivity index (χ1) is 16.2. The van der Waals surface area contributed by atoms with E-state index in [0.29, 0.717) is 18.1 Å². The molecule has 1 aliphatic rings. The third kappa shape index (κ3) is 3.78. The second kappa shape index (κ2) is 9.22. The van der Waals surface area contributed by atoms with Crippen LogP contribution in [0.4, 0.5) is 0 Å². The first kappa shape index (κ1) is 22.6. The van der Waals surface area contributed by atoms with Crippen LogP contribution < -0.4 is 10.9 Å². The summed E-state index contributed by atoms with van der Waals surface area (Å²) in [5.41, 5.74) is 4.82. The summed E-state index contributed by atoms with van der Waals surface area (Å²) in [6, 6.07) is 15.6. The SMILES string of the molecule is Cl.O=c1c2ccccc2cc2n1Cc1c-2nc2cccc(Cl)c2c1CNCCCn1ccnc1. The Balaban J connectivity index is 0.00000241. The zero-order valence-corrected chi connectivity index (χ0v) is 19.9. The van der Waals surface area contributed by atoms with Gasteiger partial charge < -0.3 is 14.5 Å². The molecule has 0 saturated heterocycles. The number of fused-ring (bicyclic) bond motifs is 5. The van der Waals surface area contributed by atoms with E-state index >= 15 is 0 Å². The van der Waals surface area contributed by atoms with Gasteiger partial charge in [-0.05, 0) is 48.2 Å². The molecule has 0 saturated carbocycles. The number of pyridine rings is 2. The Hall–Kier alpha value is -3.19. The third-order valence-corrected chi connectivity index (χ3v) is 6.70. The lowest BCUT2D eigenvalue weighted by Crippen LogP contribution is -2.20. The Kier molecular flexibility index (Phi) is 6.13. The fourth-order valence-corrected chi connectivity index (χ4v) is 5.08. The minimum atomic E-state index is 0. The van der Waals surface area contributed by atoms with Gasteiger partial charge in [-0.15, -0.1) is 12.4 Å². The Morgan fingerprint density at radius 3 is 2.85 bits per heavy atom. The normalized spacial score (nSPS) is 12.0. The largest absolute Gasteiger partial charge is 0.337 e. The monoisotopic (exact) mass is 491 g/mol. The summed E-state index contributed by atoms with van der Waals surface area (Å²) >= 11 is 6.65. The van der Waals surface area contributed by atoms with Crippen LogP contribution in [0.1, 0.15) is 17.5 Å². The average Bonchev–Trinajstić information content (AvgIpc) is 3.47. The van der Waals surface area contributed by atoms with E-state index in [2.05, 4.69) is 20.9 Å². The number of rotatable bonds is 6. The van der Waals surface area contributed by atoms with Crippen LogP contribution in [0.2, 0.25) is 5.02 Å². The van der Waals surface area contributed by atoms with Gasteiger partial charge in [-0.25, -0.2) is 9.97 Å². The second-order valence-corrected chi connectivity index (χ2v) is 8.80. The van der Waals surface area contributed by atoms with Crippen LogP contribution >= 0.6 is 24.0 Å². The number of nitrogens with zero attached hydrogens (tertiary/aromatic N) is 4. The van der Waals surface area contributed by atoms with Gasteiger partial charge in [-0.3, -0.25) is 4.79 Å². The van der Waals surface area contributed by atoms with Gasteiger partial charge in [0.1, 0.15) is 0 Å². The molecule has 8 heteroatoms. The highest BCUT2D eigenvalue weighted by molar-refractivity contribution is 6.35. The van der Waals surface area contributed by atoms with E-state index in [1.165, 1.54) is 0 Å². The lowest BCUT2D eigenvalue weighted by atomic mass is 10.00. The van der Waals surface area contributed by atoms with Crippen molar-refractivity contribution in [2.75, 3.05) is 6.54 Å². The van der Waals surface area contributed by atoms with Crippen molar-refractivity contribution in [1.29, 1.82) is 0 Å². The fourth-order valence-electron chi connectivity index (χ4n) is 4.79. The van der Waals surface area contributed by atoms with Crippen LogP contribution in [-0.4, -0.2) is 25.6 Å². The van der Waals surface area contributed by atoms with Crippen molar-refractivity contribution in [3.8, 4) is 11.4 Å². The Bertz CT molecular complexity index is 1560. The van der Waals surface area contributed by atoms with Crippen LogP contribution in [0.3, 0.4) is 0 Å². The zero-order valence-electron chi connectivity index (χ0n) is 18.4. The number of halogens is 2. The molecule has 0 aliphatic carbocycles. The second-order valence-electron chi connectivity index (χ2n) is 8.39. The molecule has 6 rings (SSSR count). The molecule has 0 amide bonds. The lowest BCUT2D eigenvalue weighted by Gasteiger charge is -2.14. The van der Waals surface area contributed by atoms with E-state index in [0.717, 1.165) is 63.7 Å².